The first-order chi connectivity index (χ1) is 6.40. The van der Waals surface area contributed by atoms with Crippen molar-refractivity contribution in [3.63, 3.8) is 0 Å². The van der Waals surface area contributed by atoms with Crippen molar-refractivity contribution in [2.45, 2.75) is 25.2 Å². The van der Waals surface area contributed by atoms with Gasteiger partial charge in [0.05, 0.1) is 5.71 Å². The van der Waals surface area contributed by atoms with Crippen LogP contribution in [-0.2, 0) is 0 Å². The third-order valence-corrected chi connectivity index (χ3v) is 2.68. The molecule has 1 aromatic carbocycles. The van der Waals surface area contributed by atoms with Crippen LogP contribution >= 0.6 is 0 Å². The van der Waals surface area contributed by atoms with Crippen molar-refractivity contribution in [3.05, 3.63) is 35.9 Å². The van der Waals surface area contributed by atoms with E-state index in [4.69, 9.17) is 5.21 Å². The van der Waals surface area contributed by atoms with Crippen molar-refractivity contribution < 1.29 is 5.21 Å². The van der Waals surface area contributed by atoms with Crippen LogP contribution in [0.15, 0.2) is 35.5 Å². The summed E-state index contributed by atoms with van der Waals surface area (Å²) in [5.74, 6) is 0.562. The Kier molecular flexibility index (Phi) is 2.30. The molecule has 1 unspecified atom stereocenters. The van der Waals surface area contributed by atoms with E-state index in [1.165, 1.54) is 5.56 Å². The van der Waals surface area contributed by atoms with Gasteiger partial charge in [0, 0.05) is 0 Å². The lowest BCUT2D eigenvalue weighted by Crippen LogP contribution is -1.93. The van der Waals surface area contributed by atoms with Gasteiger partial charge in [-0.3, -0.25) is 0 Å². The van der Waals surface area contributed by atoms with Gasteiger partial charge in [0.15, 0.2) is 0 Å². The largest absolute Gasteiger partial charge is 0.411 e. The number of oxime groups is 1. The van der Waals surface area contributed by atoms with Crippen LogP contribution in [0, 0.1) is 0 Å². The molecular formula is C11H13NO. The molecule has 1 aliphatic carbocycles. The molecule has 0 bridgehead atoms. The van der Waals surface area contributed by atoms with Crippen LogP contribution in [0.5, 0.6) is 0 Å². The minimum atomic E-state index is 0.562. The highest BCUT2D eigenvalue weighted by Crippen LogP contribution is 2.32. The zero-order valence-electron chi connectivity index (χ0n) is 7.48. The highest BCUT2D eigenvalue weighted by atomic mass is 16.4. The van der Waals surface area contributed by atoms with Crippen molar-refractivity contribution in [3.8, 4) is 0 Å². The maximum absolute atomic E-state index is 8.62. The minimum absolute atomic E-state index is 0.562. The first kappa shape index (κ1) is 8.30. The van der Waals surface area contributed by atoms with E-state index in [0.29, 0.717) is 5.92 Å². The number of nitrogens with zero attached hydrogens (tertiary/aromatic N) is 1. The minimum Gasteiger partial charge on any atom is -0.411 e. The van der Waals surface area contributed by atoms with Crippen LogP contribution in [-0.4, -0.2) is 10.9 Å². The SMILES string of the molecule is ON=C1CCC(c2ccccc2)C1. The van der Waals surface area contributed by atoms with Crippen LogP contribution in [0.4, 0.5) is 0 Å². The first-order valence-corrected chi connectivity index (χ1v) is 4.65. The Hall–Kier alpha value is -1.31. The van der Waals surface area contributed by atoms with E-state index in [-0.39, 0.29) is 0 Å². The monoisotopic (exact) mass is 175 g/mol. The van der Waals surface area contributed by atoms with E-state index < -0.39 is 0 Å². The van der Waals surface area contributed by atoms with Crippen molar-refractivity contribution in [1.82, 2.24) is 0 Å². The van der Waals surface area contributed by atoms with Gasteiger partial charge in [0.2, 0.25) is 0 Å². The molecular weight excluding hydrogens is 162 g/mol. The average molecular weight is 175 g/mol. The summed E-state index contributed by atoms with van der Waals surface area (Å²) in [6.45, 7) is 0. The van der Waals surface area contributed by atoms with Gasteiger partial charge in [-0.2, -0.15) is 0 Å². The van der Waals surface area contributed by atoms with Crippen molar-refractivity contribution >= 4 is 5.71 Å². The second-order valence-electron chi connectivity index (χ2n) is 3.52. The maximum atomic E-state index is 8.62. The summed E-state index contributed by atoms with van der Waals surface area (Å²) >= 11 is 0. The van der Waals surface area contributed by atoms with Gasteiger partial charge in [-0.25, -0.2) is 0 Å². The lowest BCUT2D eigenvalue weighted by Gasteiger charge is -2.07. The van der Waals surface area contributed by atoms with Gasteiger partial charge in [-0.05, 0) is 30.7 Å². The summed E-state index contributed by atoms with van der Waals surface area (Å²) in [5, 5.41) is 11.9. The molecule has 68 valence electrons. The Bertz CT molecular complexity index is 305. The summed E-state index contributed by atoms with van der Waals surface area (Å²) in [6.07, 6.45) is 2.97. The number of hydrogen-bond acceptors (Lipinski definition) is 2. The van der Waals surface area contributed by atoms with Gasteiger partial charge < -0.3 is 5.21 Å². The molecule has 1 N–H and O–H groups in total. The van der Waals surface area contributed by atoms with Crippen LogP contribution in [0.3, 0.4) is 0 Å². The predicted octanol–water partition coefficient (Wildman–Crippen LogP) is 2.78. The molecule has 2 rings (SSSR count). The van der Waals surface area contributed by atoms with E-state index in [1.54, 1.807) is 0 Å². The maximum Gasteiger partial charge on any atom is 0.0577 e. The first-order valence-electron chi connectivity index (χ1n) is 4.65. The molecule has 2 heteroatoms. The highest BCUT2D eigenvalue weighted by molar-refractivity contribution is 5.86. The van der Waals surface area contributed by atoms with Crippen molar-refractivity contribution in [2.75, 3.05) is 0 Å². The van der Waals surface area contributed by atoms with Gasteiger partial charge >= 0.3 is 0 Å². The molecule has 1 saturated carbocycles. The topological polar surface area (TPSA) is 32.6 Å². The summed E-state index contributed by atoms with van der Waals surface area (Å²) in [4.78, 5) is 0. The van der Waals surface area contributed by atoms with E-state index in [0.717, 1.165) is 25.0 Å². The lowest BCUT2D eigenvalue weighted by molar-refractivity contribution is 0.317. The summed E-state index contributed by atoms with van der Waals surface area (Å²) < 4.78 is 0. The van der Waals surface area contributed by atoms with Crippen LogP contribution in [0.25, 0.3) is 0 Å². The normalized spacial score (nSPS) is 25.2. The molecule has 2 nitrogen and oxygen atoms in total. The molecule has 0 saturated heterocycles. The molecule has 0 amide bonds. The molecule has 0 heterocycles. The molecule has 1 aliphatic rings. The Balaban J connectivity index is 2.13. The molecule has 1 fully saturated rings. The smallest absolute Gasteiger partial charge is 0.0577 e. The van der Waals surface area contributed by atoms with Gasteiger partial charge in [-0.1, -0.05) is 35.5 Å². The zero-order valence-corrected chi connectivity index (χ0v) is 7.48. The second-order valence-corrected chi connectivity index (χ2v) is 3.52. The molecule has 13 heavy (non-hydrogen) atoms. The molecule has 0 radical (unpaired) electrons. The van der Waals surface area contributed by atoms with Crippen LogP contribution < -0.4 is 0 Å². The number of hydrogen-bond donors (Lipinski definition) is 1. The van der Waals surface area contributed by atoms with Gasteiger partial charge in [0.1, 0.15) is 0 Å². The lowest BCUT2D eigenvalue weighted by atomic mass is 9.98. The van der Waals surface area contributed by atoms with Crippen molar-refractivity contribution in [1.29, 1.82) is 0 Å². The Labute approximate surface area is 77.9 Å². The zero-order chi connectivity index (χ0) is 9.10. The molecule has 0 spiro atoms. The number of benzene rings is 1. The van der Waals surface area contributed by atoms with Crippen LogP contribution in [0.2, 0.25) is 0 Å². The van der Waals surface area contributed by atoms with E-state index in [1.807, 2.05) is 6.07 Å². The van der Waals surface area contributed by atoms with Crippen molar-refractivity contribution in [2.24, 2.45) is 5.16 Å². The third kappa shape index (κ3) is 1.72. The standard InChI is InChI=1S/C11H13NO/c13-12-11-7-6-10(8-11)9-4-2-1-3-5-9/h1-5,10,13H,6-8H2. The van der Waals surface area contributed by atoms with E-state index >= 15 is 0 Å². The quantitative estimate of drug-likeness (QED) is 0.516. The molecule has 1 atom stereocenters. The van der Waals surface area contributed by atoms with Crippen LogP contribution in [0.1, 0.15) is 30.7 Å². The summed E-state index contributed by atoms with van der Waals surface area (Å²) in [7, 11) is 0. The van der Waals surface area contributed by atoms with Gasteiger partial charge in [-0.15, -0.1) is 0 Å². The Morgan fingerprint density at radius 2 is 2.00 bits per heavy atom. The fraction of sp³-hybridized carbons (Fsp3) is 0.364. The van der Waals surface area contributed by atoms with E-state index in [9.17, 15) is 0 Å². The summed E-state index contributed by atoms with van der Waals surface area (Å²) in [6, 6.07) is 10.4. The molecule has 1 aromatic rings. The predicted molar refractivity (Wildman–Crippen MR) is 52.3 cm³/mol. The average Bonchev–Trinajstić information content (AvgIpc) is 2.67. The third-order valence-electron chi connectivity index (χ3n) is 2.68. The molecule has 0 aromatic heterocycles. The number of rotatable bonds is 1. The van der Waals surface area contributed by atoms with E-state index in [2.05, 4.69) is 29.4 Å². The summed E-state index contributed by atoms with van der Waals surface area (Å²) in [5.41, 5.74) is 2.30. The molecule has 0 aliphatic heterocycles. The highest BCUT2D eigenvalue weighted by Gasteiger charge is 2.21. The van der Waals surface area contributed by atoms with Gasteiger partial charge in [0.25, 0.3) is 0 Å². The fourth-order valence-electron chi connectivity index (χ4n) is 1.93. The Morgan fingerprint density at radius 1 is 1.23 bits per heavy atom. The Morgan fingerprint density at radius 3 is 2.62 bits per heavy atom. The second kappa shape index (κ2) is 3.60. The fourth-order valence-corrected chi connectivity index (χ4v) is 1.93.